The quantitative estimate of drug-likeness (QED) is 0.288. The van der Waals surface area contributed by atoms with Gasteiger partial charge in [-0.3, -0.25) is 9.59 Å². The largest absolute Gasteiger partial charge is 0.397 e. The topological polar surface area (TPSA) is 72.2 Å². The molecule has 0 saturated carbocycles. The zero-order valence-corrected chi connectivity index (χ0v) is 18.0. The summed E-state index contributed by atoms with van der Waals surface area (Å²) in [5.41, 5.74) is 11.6. The van der Waals surface area contributed by atoms with Crippen LogP contribution in [0.4, 0.5) is 17.1 Å². The first-order chi connectivity index (χ1) is 16.0. The smallest absolute Gasteiger partial charge is 0.196 e. The third kappa shape index (κ3) is 3.66. The van der Waals surface area contributed by atoms with Crippen molar-refractivity contribution in [2.45, 2.75) is 6.92 Å². The van der Waals surface area contributed by atoms with E-state index in [1.165, 1.54) is 0 Å². The number of carbonyl (C=O) groups is 2. The highest BCUT2D eigenvalue weighted by molar-refractivity contribution is 6.32. The van der Waals surface area contributed by atoms with Crippen LogP contribution in [0.15, 0.2) is 84.9 Å². The van der Waals surface area contributed by atoms with E-state index < -0.39 is 0 Å². The third-order valence-electron chi connectivity index (χ3n) is 5.65. The lowest BCUT2D eigenvalue weighted by Gasteiger charge is -2.23. The standard InChI is InChI=1S/C29H20N2O2/c1-18-8-7-11-21(16-18)31-24-17-20(15-14-19-9-3-2-4-10-19)27(30)26-25(24)28(32)22-12-5-6-13-23(22)29(26)33/h2-13,16-17,31H,30H2,1H3. The summed E-state index contributed by atoms with van der Waals surface area (Å²) in [7, 11) is 0. The van der Waals surface area contributed by atoms with Crippen molar-refractivity contribution in [1.82, 2.24) is 0 Å². The molecule has 1 aliphatic carbocycles. The van der Waals surface area contributed by atoms with E-state index in [1.807, 2.05) is 61.5 Å². The molecule has 4 heteroatoms. The molecular weight excluding hydrogens is 408 g/mol. The first kappa shape index (κ1) is 20.3. The van der Waals surface area contributed by atoms with Gasteiger partial charge in [0.1, 0.15) is 0 Å². The second-order valence-corrected chi connectivity index (χ2v) is 7.95. The van der Waals surface area contributed by atoms with Crippen LogP contribution in [-0.2, 0) is 0 Å². The number of aryl methyl sites for hydroxylation is 1. The molecule has 33 heavy (non-hydrogen) atoms. The summed E-state index contributed by atoms with van der Waals surface area (Å²) in [6, 6.07) is 25.9. The predicted octanol–water partition coefficient (Wildman–Crippen LogP) is 5.50. The predicted molar refractivity (Wildman–Crippen MR) is 131 cm³/mol. The van der Waals surface area contributed by atoms with Gasteiger partial charge < -0.3 is 11.1 Å². The van der Waals surface area contributed by atoms with Crippen LogP contribution in [-0.4, -0.2) is 11.6 Å². The summed E-state index contributed by atoms with van der Waals surface area (Å²) in [6.07, 6.45) is 0. The van der Waals surface area contributed by atoms with Crippen molar-refractivity contribution in [3.63, 3.8) is 0 Å². The molecule has 0 spiro atoms. The van der Waals surface area contributed by atoms with Crippen LogP contribution >= 0.6 is 0 Å². The van der Waals surface area contributed by atoms with Gasteiger partial charge in [-0.2, -0.15) is 0 Å². The highest BCUT2D eigenvalue weighted by Gasteiger charge is 2.34. The minimum absolute atomic E-state index is 0.203. The van der Waals surface area contributed by atoms with E-state index >= 15 is 0 Å². The maximum absolute atomic E-state index is 13.5. The number of hydrogen-bond donors (Lipinski definition) is 2. The zero-order chi connectivity index (χ0) is 22.9. The average Bonchev–Trinajstić information content (AvgIpc) is 2.83. The summed E-state index contributed by atoms with van der Waals surface area (Å²) in [5.74, 6) is 5.70. The Balaban J connectivity index is 1.73. The average molecular weight is 428 g/mol. The van der Waals surface area contributed by atoms with Gasteiger partial charge in [-0.25, -0.2) is 0 Å². The lowest BCUT2D eigenvalue weighted by molar-refractivity contribution is 0.0980. The molecule has 0 radical (unpaired) electrons. The number of anilines is 3. The van der Waals surface area contributed by atoms with Crippen molar-refractivity contribution in [2.75, 3.05) is 11.1 Å². The molecule has 0 saturated heterocycles. The summed E-state index contributed by atoms with van der Waals surface area (Å²) in [5, 5.41) is 3.32. The maximum atomic E-state index is 13.5. The molecule has 1 aliphatic rings. The molecule has 0 aliphatic heterocycles. The molecule has 158 valence electrons. The van der Waals surface area contributed by atoms with Gasteiger partial charge in [0.2, 0.25) is 0 Å². The first-order valence-corrected chi connectivity index (χ1v) is 10.6. The van der Waals surface area contributed by atoms with Gasteiger partial charge in [-0.15, -0.1) is 0 Å². The maximum Gasteiger partial charge on any atom is 0.196 e. The number of nitrogen functional groups attached to an aromatic ring is 1. The Labute approximate surface area is 192 Å². The fourth-order valence-electron chi connectivity index (χ4n) is 4.06. The summed E-state index contributed by atoms with van der Waals surface area (Å²) in [6.45, 7) is 1.99. The van der Waals surface area contributed by atoms with Crippen LogP contribution in [0.3, 0.4) is 0 Å². The molecule has 0 bridgehead atoms. The fraction of sp³-hybridized carbons (Fsp3) is 0.0345. The van der Waals surface area contributed by atoms with Gasteiger partial charge in [0.25, 0.3) is 0 Å². The molecule has 0 amide bonds. The SMILES string of the molecule is Cc1cccc(Nc2cc(C#Cc3ccccc3)c(N)c3c2C(=O)c2ccccc2C3=O)c1. The van der Waals surface area contributed by atoms with E-state index in [2.05, 4.69) is 17.2 Å². The Hall–Kier alpha value is -4.62. The molecule has 4 aromatic carbocycles. The summed E-state index contributed by atoms with van der Waals surface area (Å²) >= 11 is 0. The Bertz CT molecular complexity index is 1490. The Morgan fingerprint density at radius 3 is 2.09 bits per heavy atom. The first-order valence-electron chi connectivity index (χ1n) is 10.6. The van der Waals surface area contributed by atoms with E-state index in [9.17, 15) is 9.59 Å². The molecular formula is C29H20N2O2. The molecule has 0 fully saturated rings. The number of benzene rings is 4. The Morgan fingerprint density at radius 2 is 1.39 bits per heavy atom. The van der Waals surface area contributed by atoms with Crippen LogP contribution in [0.5, 0.6) is 0 Å². The van der Waals surface area contributed by atoms with Crippen LogP contribution in [0.25, 0.3) is 0 Å². The van der Waals surface area contributed by atoms with Crippen molar-refractivity contribution in [3.05, 3.63) is 124 Å². The Kier molecular flexibility index (Phi) is 5.01. The van der Waals surface area contributed by atoms with E-state index in [1.54, 1.807) is 30.3 Å². The van der Waals surface area contributed by atoms with E-state index in [-0.39, 0.29) is 28.4 Å². The molecule has 5 rings (SSSR count). The minimum atomic E-state index is -0.270. The number of fused-ring (bicyclic) bond motifs is 2. The summed E-state index contributed by atoms with van der Waals surface area (Å²) < 4.78 is 0. The number of carbonyl (C=O) groups excluding carboxylic acids is 2. The van der Waals surface area contributed by atoms with Crippen molar-refractivity contribution < 1.29 is 9.59 Å². The highest BCUT2D eigenvalue weighted by Crippen LogP contribution is 2.38. The second kappa shape index (κ2) is 8.14. The van der Waals surface area contributed by atoms with E-state index in [4.69, 9.17) is 5.73 Å². The minimum Gasteiger partial charge on any atom is -0.397 e. The molecule has 4 nitrogen and oxygen atoms in total. The lowest BCUT2D eigenvalue weighted by atomic mass is 9.81. The third-order valence-corrected chi connectivity index (χ3v) is 5.65. The normalized spacial score (nSPS) is 11.8. The van der Waals surface area contributed by atoms with Crippen molar-refractivity contribution in [2.24, 2.45) is 0 Å². The molecule has 0 atom stereocenters. The van der Waals surface area contributed by atoms with E-state index in [0.29, 0.717) is 22.4 Å². The van der Waals surface area contributed by atoms with Crippen LogP contribution in [0.2, 0.25) is 0 Å². The van der Waals surface area contributed by atoms with Gasteiger partial charge >= 0.3 is 0 Å². The van der Waals surface area contributed by atoms with Crippen molar-refractivity contribution in [3.8, 4) is 11.8 Å². The van der Waals surface area contributed by atoms with Gasteiger partial charge in [-0.1, -0.05) is 66.4 Å². The van der Waals surface area contributed by atoms with Crippen LogP contribution in [0.1, 0.15) is 48.5 Å². The molecule has 0 unspecified atom stereocenters. The Morgan fingerprint density at radius 1 is 0.727 bits per heavy atom. The van der Waals surface area contributed by atoms with E-state index in [0.717, 1.165) is 16.8 Å². The van der Waals surface area contributed by atoms with Crippen LogP contribution in [0, 0.1) is 18.8 Å². The van der Waals surface area contributed by atoms with Gasteiger partial charge in [0.15, 0.2) is 11.6 Å². The monoisotopic (exact) mass is 428 g/mol. The van der Waals surface area contributed by atoms with Gasteiger partial charge in [-0.05, 0) is 42.8 Å². The highest BCUT2D eigenvalue weighted by atomic mass is 16.1. The van der Waals surface area contributed by atoms with Crippen molar-refractivity contribution in [1.29, 1.82) is 0 Å². The second-order valence-electron chi connectivity index (χ2n) is 7.95. The molecule has 3 N–H and O–H groups in total. The number of ketones is 2. The number of rotatable bonds is 2. The van der Waals surface area contributed by atoms with Crippen LogP contribution < -0.4 is 11.1 Å². The van der Waals surface area contributed by atoms with Gasteiger partial charge in [0.05, 0.1) is 28.1 Å². The number of hydrogen-bond acceptors (Lipinski definition) is 4. The summed E-state index contributed by atoms with van der Waals surface area (Å²) in [4.78, 5) is 26.9. The molecule has 4 aromatic rings. The van der Waals surface area contributed by atoms with Crippen molar-refractivity contribution >= 4 is 28.6 Å². The number of nitrogens with two attached hydrogens (primary N) is 1. The fourth-order valence-corrected chi connectivity index (χ4v) is 4.06. The molecule has 0 heterocycles. The lowest BCUT2D eigenvalue weighted by Crippen LogP contribution is -2.24. The zero-order valence-electron chi connectivity index (χ0n) is 18.0. The molecule has 0 aromatic heterocycles. The van der Waals surface area contributed by atoms with Gasteiger partial charge in [0, 0.05) is 22.4 Å². The number of nitrogens with one attached hydrogen (secondary N) is 1.